The molecular weight excluding hydrogens is 254 g/mol. The zero-order chi connectivity index (χ0) is 13.9. The molecule has 0 aromatic carbocycles. The summed E-state index contributed by atoms with van der Waals surface area (Å²) < 4.78 is 0. The normalized spacial score (nSPS) is 21.8. The van der Waals surface area contributed by atoms with Gasteiger partial charge in [0, 0.05) is 29.7 Å². The SMILES string of the molecule is Cc1ncc(CN2CCCC(CNC(C)(C)C)C2)s1. The van der Waals surface area contributed by atoms with Crippen LogP contribution in [0, 0.1) is 12.8 Å². The third-order valence-electron chi connectivity index (χ3n) is 3.57. The maximum Gasteiger partial charge on any atom is 0.0897 e. The third kappa shape index (κ3) is 5.21. The average Bonchev–Trinajstić information content (AvgIpc) is 2.72. The molecule has 2 heterocycles. The molecule has 0 spiro atoms. The molecular formula is C15H27N3S. The van der Waals surface area contributed by atoms with Crippen LogP contribution in [-0.4, -0.2) is 35.1 Å². The summed E-state index contributed by atoms with van der Waals surface area (Å²) in [5, 5.41) is 4.82. The van der Waals surface area contributed by atoms with E-state index in [0.717, 1.165) is 19.0 Å². The molecule has 0 radical (unpaired) electrons. The van der Waals surface area contributed by atoms with Crippen molar-refractivity contribution in [2.75, 3.05) is 19.6 Å². The first-order chi connectivity index (χ1) is 8.92. The predicted octanol–water partition coefficient (Wildman–Crippen LogP) is 3.05. The fourth-order valence-electron chi connectivity index (χ4n) is 2.61. The Morgan fingerprint density at radius 1 is 1.47 bits per heavy atom. The highest BCUT2D eigenvalue weighted by atomic mass is 32.1. The first-order valence-corrected chi connectivity index (χ1v) is 8.13. The van der Waals surface area contributed by atoms with Crippen molar-refractivity contribution < 1.29 is 0 Å². The summed E-state index contributed by atoms with van der Waals surface area (Å²) in [6, 6.07) is 0. The Bertz CT molecular complexity index is 394. The minimum atomic E-state index is 0.233. The number of nitrogens with one attached hydrogen (secondary N) is 1. The van der Waals surface area contributed by atoms with E-state index in [1.165, 1.54) is 35.8 Å². The zero-order valence-corrected chi connectivity index (χ0v) is 13.5. The second-order valence-electron chi connectivity index (χ2n) is 6.72. The standard InChI is InChI=1S/C15H27N3S/c1-12-16-9-14(19-12)11-18-7-5-6-13(10-18)8-17-15(2,3)4/h9,13,17H,5-8,10-11H2,1-4H3. The van der Waals surface area contributed by atoms with E-state index in [-0.39, 0.29) is 5.54 Å². The number of aryl methyl sites for hydroxylation is 1. The number of likely N-dealkylation sites (tertiary alicyclic amines) is 1. The van der Waals surface area contributed by atoms with Gasteiger partial charge in [-0.1, -0.05) is 0 Å². The van der Waals surface area contributed by atoms with Crippen molar-refractivity contribution in [1.82, 2.24) is 15.2 Å². The van der Waals surface area contributed by atoms with Crippen LogP contribution in [0.3, 0.4) is 0 Å². The highest BCUT2D eigenvalue weighted by Gasteiger charge is 2.21. The van der Waals surface area contributed by atoms with Crippen LogP contribution in [0.2, 0.25) is 0 Å². The molecule has 0 bridgehead atoms. The van der Waals surface area contributed by atoms with Crippen molar-refractivity contribution in [3.63, 3.8) is 0 Å². The molecule has 1 aromatic heterocycles. The van der Waals surface area contributed by atoms with Gasteiger partial charge in [0.1, 0.15) is 0 Å². The summed E-state index contributed by atoms with van der Waals surface area (Å²) in [6.45, 7) is 13.5. The lowest BCUT2D eigenvalue weighted by molar-refractivity contribution is 0.161. The zero-order valence-electron chi connectivity index (χ0n) is 12.7. The fourth-order valence-corrected chi connectivity index (χ4v) is 3.45. The quantitative estimate of drug-likeness (QED) is 0.919. The van der Waals surface area contributed by atoms with Crippen LogP contribution in [0.5, 0.6) is 0 Å². The Hall–Kier alpha value is -0.450. The van der Waals surface area contributed by atoms with Crippen molar-refractivity contribution in [3.8, 4) is 0 Å². The van der Waals surface area contributed by atoms with Crippen LogP contribution in [0.25, 0.3) is 0 Å². The van der Waals surface area contributed by atoms with Crippen LogP contribution in [0.1, 0.15) is 43.5 Å². The summed E-state index contributed by atoms with van der Waals surface area (Å²) in [4.78, 5) is 8.34. The second-order valence-corrected chi connectivity index (χ2v) is 8.04. The largest absolute Gasteiger partial charge is 0.312 e. The van der Waals surface area contributed by atoms with Crippen LogP contribution in [0.4, 0.5) is 0 Å². The van der Waals surface area contributed by atoms with Crippen molar-refractivity contribution in [2.45, 2.75) is 52.6 Å². The highest BCUT2D eigenvalue weighted by molar-refractivity contribution is 7.11. The van der Waals surface area contributed by atoms with E-state index in [0.29, 0.717) is 0 Å². The predicted molar refractivity (Wildman–Crippen MR) is 82.6 cm³/mol. The Morgan fingerprint density at radius 3 is 2.89 bits per heavy atom. The minimum Gasteiger partial charge on any atom is -0.312 e. The molecule has 1 aliphatic rings. The third-order valence-corrected chi connectivity index (χ3v) is 4.47. The number of piperidine rings is 1. The molecule has 1 fully saturated rings. The average molecular weight is 281 g/mol. The Balaban J connectivity index is 1.80. The van der Waals surface area contributed by atoms with Gasteiger partial charge in [-0.15, -0.1) is 11.3 Å². The van der Waals surface area contributed by atoms with Gasteiger partial charge in [-0.05, 0) is 59.5 Å². The molecule has 2 rings (SSSR count). The number of hydrogen-bond donors (Lipinski definition) is 1. The molecule has 1 aromatic rings. The van der Waals surface area contributed by atoms with Crippen LogP contribution in [-0.2, 0) is 6.54 Å². The summed E-state index contributed by atoms with van der Waals surface area (Å²) in [5.74, 6) is 0.794. The molecule has 4 heteroatoms. The number of aromatic nitrogens is 1. The van der Waals surface area contributed by atoms with Gasteiger partial charge >= 0.3 is 0 Å². The van der Waals surface area contributed by atoms with E-state index in [9.17, 15) is 0 Å². The monoisotopic (exact) mass is 281 g/mol. The molecule has 1 aliphatic heterocycles. The maximum absolute atomic E-state index is 4.35. The van der Waals surface area contributed by atoms with E-state index < -0.39 is 0 Å². The van der Waals surface area contributed by atoms with Gasteiger partial charge < -0.3 is 5.32 Å². The number of rotatable bonds is 4. The van der Waals surface area contributed by atoms with E-state index in [1.54, 1.807) is 0 Å². The minimum absolute atomic E-state index is 0.233. The number of thiazole rings is 1. The van der Waals surface area contributed by atoms with Gasteiger partial charge in [0.15, 0.2) is 0 Å². The van der Waals surface area contributed by atoms with Crippen molar-refractivity contribution in [2.24, 2.45) is 5.92 Å². The molecule has 1 atom stereocenters. The number of hydrogen-bond acceptors (Lipinski definition) is 4. The Kier molecular flexibility index (Phi) is 4.98. The smallest absolute Gasteiger partial charge is 0.0897 e. The molecule has 108 valence electrons. The van der Waals surface area contributed by atoms with E-state index in [1.807, 2.05) is 17.5 Å². The van der Waals surface area contributed by atoms with Gasteiger partial charge in [-0.2, -0.15) is 0 Å². The number of nitrogens with zero attached hydrogens (tertiary/aromatic N) is 2. The molecule has 3 nitrogen and oxygen atoms in total. The van der Waals surface area contributed by atoms with Gasteiger partial charge in [0.05, 0.1) is 5.01 Å². The first-order valence-electron chi connectivity index (χ1n) is 7.31. The Labute approximate surface area is 121 Å². The first kappa shape index (κ1) is 14.9. The summed E-state index contributed by atoms with van der Waals surface area (Å²) in [6.07, 6.45) is 4.73. The molecule has 1 N–H and O–H groups in total. The van der Waals surface area contributed by atoms with Gasteiger partial charge in [0.2, 0.25) is 0 Å². The van der Waals surface area contributed by atoms with Gasteiger partial charge in [-0.25, -0.2) is 4.98 Å². The molecule has 1 saturated heterocycles. The van der Waals surface area contributed by atoms with E-state index in [4.69, 9.17) is 0 Å². The van der Waals surface area contributed by atoms with Gasteiger partial charge in [-0.3, -0.25) is 4.90 Å². The lowest BCUT2D eigenvalue weighted by Crippen LogP contribution is -2.44. The van der Waals surface area contributed by atoms with Crippen LogP contribution in [0.15, 0.2) is 6.20 Å². The summed E-state index contributed by atoms with van der Waals surface area (Å²) >= 11 is 1.83. The molecule has 1 unspecified atom stereocenters. The topological polar surface area (TPSA) is 28.2 Å². The molecule has 0 saturated carbocycles. The van der Waals surface area contributed by atoms with Crippen LogP contribution < -0.4 is 5.32 Å². The van der Waals surface area contributed by atoms with Gasteiger partial charge in [0.25, 0.3) is 0 Å². The van der Waals surface area contributed by atoms with Crippen molar-refractivity contribution in [1.29, 1.82) is 0 Å². The van der Waals surface area contributed by atoms with Crippen molar-refractivity contribution in [3.05, 3.63) is 16.1 Å². The fraction of sp³-hybridized carbons (Fsp3) is 0.800. The lowest BCUT2D eigenvalue weighted by atomic mass is 9.96. The molecule has 19 heavy (non-hydrogen) atoms. The molecule has 0 amide bonds. The maximum atomic E-state index is 4.35. The van der Waals surface area contributed by atoms with Crippen molar-refractivity contribution >= 4 is 11.3 Å². The summed E-state index contributed by atoms with van der Waals surface area (Å²) in [5.41, 5.74) is 0.233. The van der Waals surface area contributed by atoms with E-state index >= 15 is 0 Å². The Morgan fingerprint density at radius 2 is 2.26 bits per heavy atom. The second kappa shape index (κ2) is 6.33. The summed E-state index contributed by atoms with van der Waals surface area (Å²) in [7, 11) is 0. The molecule has 0 aliphatic carbocycles. The lowest BCUT2D eigenvalue weighted by Gasteiger charge is -2.34. The van der Waals surface area contributed by atoms with Crippen LogP contribution >= 0.6 is 11.3 Å². The van der Waals surface area contributed by atoms with E-state index in [2.05, 4.69) is 42.9 Å². The highest BCUT2D eigenvalue weighted by Crippen LogP contribution is 2.21.